The number of amides is 3. The molecule has 1 fully saturated rings. The second-order valence-electron chi connectivity index (χ2n) is 9.73. The van der Waals surface area contributed by atoms with Crippen molar-refractivity contribution < 1.29 is 23.8 Å². The van der Waals surface area contributed by atoms with Crippen molar-refractivity contribution in [1.82, 2.24) is 15.1 Å². The predicted molar refractivity (Wildman–Crippen MR) is 138 cm³/mol. The number of hydrogen-bond acceptors (Lipinski definition) is 5. The molecule has 194 valence electrons. The SMILES string of the molecule is COc1ccc(C2c3cc(OC)c(OC)cc3CCN2C(=O)NC(C(=O)N2CCCC2)C(C)C)cc1. The number of carbonyl (C=O) groups is 2. The highest BCUT2D eigenvalue weighted by atomic mass is 16.5. The molecule has 1 saturated heterocycles. The number of hydrogen-bond donors (Lipinski definition) is 1. The molecule has 0 bridgehead atoms. The third kappa shape index (κ3) is 5.08. The van der Waals surface area contributed by atoms with Crippen molar-refractivity contribution in [1.29, 1.82) is 0 Å². The quantitative estimate of drug-likeness (QED) is 0.628. The van der Waals surface area contributed by atoms with Crippen molar-refractivity contribution in [3.05, 3.63) is 53.1 Å². The first-order valence-corrected chi connectivity index (χ1v) is 12.6. The third-order valence-corrected chi connectivity index (χ3v) is 7.20. The molecule has 2 aromatic rings. The molecule has 0 radical (unpaired) electrons. The first-order valence-electron chi connectivity index (χ1n) is 12.6. The summed E-state index contributed by atoms with van der Waals surface area (Å²) in [6.45, 7) is 5.97. The lowest BCUT2D eigenvalue weighted by molar-refractivity contribution is -0.133. The molecule has 2 aromatic carbocycles. The summed E-state index contributed by atoms with van der Waals surface area (Å²) in [5, 5.41) is 3.08. The summed E-state index contributed by atoms with van der Waals surface area (Å²) < 4.78 is 16.5. The van der Waals surface area contributed by atoms with Crippen LogP contribution in [0.4, 0.5) is 4.79 Å². The summed E-state index contributed by atoms with van der Waals surface area (Å²) in [5.41, 5.74) is 3.03. The van der Waals surface area contributed by atoms with Gasteiger partial charge in [0.05, 0.1) is 27.4 Å². The van der Waals surface area contributed by atoms with Crippen LogP contribution in [0.15, 0.2) is 36.4 Å². The minimum absolute atomic E-state index is 0.000614. The average Bonchev–Trinajstić information content (AvgIpc) is 3.44. The molecule has 0 saturated carbocycles. The Hall–Kier alpha value is -3.42. The lowest BCUT2D eigenvalue weighted by Gasteiger charge is -2.39. The number of methoxy groups -OCH3 is 3. The van der Waals surface area contributed by atoms with Gasteiger partial charge in [-0.3, -0.25) is 4.79 Å². The van der Waals surface area contributed by atoms with E-state index in [1.807, 2.05) is 60.0 Å². The van der Waals surface area contributed by atoms with Crippen LogP contribution in [0.1, 0.15) is 49.4 Å². The van der Waals surface area contributed by atoms with Crippen molar-refractivity contribution in [2.24, 2.45) is 5.92 Å². The molecule has 2 heterocycles. The van der Waals surface area contributed by atoms with Crippen LogP contribution in [0, 0.1) is 5.92 Å². The van der Waals surface area contributed by atoms with Gasteiger partial charge in [-0.1, -0.05) is 26.0 Å². The number of nitrogens with zero attached hydrogens (tertiary/aromatic N) is 2. The van der Waals surface area contributed by atoms with Gasteiger partial charge in [-0.25, -0.2) is 4.79 Å². The summed E-state index contributed by atoms with van der Waals surface area (Å²) in [5.74, 6) is 2.00. The Morgan fingerprint density at radius 3 is 2.14 bits per heavy atom. The summed E-state index contributed by atoms with van der Waals surface area (Å²) in [7, 11) is 4.86. The minimum atomic E-state index is -0.570. The Morgan fingerprint density at radius 1 is 0.917 bits per heavy atom. The molecule has 2 aliphatic rings. The number of ether oxygens (including phenoxy) is 3. The Bertz CT molecular complexity index is 1080. The Balaban J connectivity index is 1.70. The van der Waals surface area contributed by atoms with Gasteiger partial charge in [0.2, 0.25) is 5.91 Å². The summed E-state index contributed by atoms with van der Waals surface area (Å²) in [6, 6.07) is 10.5. The van der Waals surface area contributed by atoms with Gasteiger partial charge >= 0.3 is 6.03 Å². The zero-order chi connectivity index (χ0) is 25.8. The number of fused-ring (bicyclic) bond motifs is 1. The fourth-order valence-corrected chi connectivity index (χ4v) is 5.17. The topological polar surface area (TPSA) is 80.3 Å². The molecule has 4 rings (SSSR count). The molecule has 8 heteroatoms. The van der Waals surface area contributed by atoms with Gasteiger partial charge in [0, 0.05) is 19.6 Å². The molecular weight excluding hydrogens is 458 g/mol. The van der Waals surface area contributed by atoms with E-state index in [-0.39, 0.29) is 23.9 Å². The molecule has 36 heavy (non-hydrogen) atoms. The van der Waals surface area contributed by atoms with Crippen LogP contribution in [0.5, 0.6) is 17.2 Å². The highest BCUT2D eigenvalue weighted by molar-refractivity contribution is 5.88. The number of benzene rings is 2. The van der Waals surface area contributed by atoms with Crippen molar-refractivity contribution in [3.8, 4) is 17.2 Å². The molecule has 8 nitrogen and oxygen atoms in total. The first-order chi connectivity index (χ1) is 17.4. The number of rotatable bonds is 7. The number of urea groups is 1. The van der Waals surface area contributed by atoms with Crippen LogP contribution in [-0.4, -0.2) is 68.7 Å². The lowest BCUT2D eigenvalue weighted by atomic mass is 9.87. The van der Waals surface area contributed by atoms with Crippen LogP contribution < -0.4 is 19.5 Å². The summed E-state index contributed by atoms with van der Waals surface area (Å²) >= 11 is 0. The number of carbonyl (C=O) groups excluding carboxylic acids is 2. The predicted octanol–water partition coefficient (Wildman–Crippen LogP) is 4.02. The average molecular weight is 496 g/mol. The zero-order valence-corrected chi connectivity index (χ0v) is 21.9. The van der Waals surface area contributed by atoms with E-state index >= 15 is 0 Å². The fourth-order valence-electron chi connectivity index (χ4n) is 5.17. The largest absolute Gasteiger partial charge is 0.497 e. The number of nitrogens with one attached hydrogen (secondary N) is 1. The molecule has 0 aromatic heterocycles. The van der Waals surface area contributed by atoms with Crippen molar-refractivity contribution in [2.45, 2.75) is 45.2 Å². The highest BCUT2D eigenvalue weighted by Crippen LogP contribution is 2.41. The van der Waals surface area contributed by atoms with Crippen molar-refractivity contribution in [3.63, 3.8) is 0 Å². The second-order valence-corrected chi connectivity index (χ2v) is 9.73. The molecule has 2 unspecified atom stereocenters. The van der Waals surface area contributed by atoms with E-state index < -0.39 is 6.04 Å². The van der Waals surface area contributed by atoms with E-state index in [9.17, 15) is 9.59 Å². The van der Waals surface area contributed by atoms with Crippen LogP contribution in [-0.2, 0) is 11.2 Å². The van der Waals surface area contributed by atoms with Gasteiger partial charge in [-0.05, 0) is 66.1 Å². The highest BCUT2D eigenvalue weighted by Gasteiger charge is 2.37. The van der Waals surface area contributed by atoms with E-state index in [1.54, 1.807) is 21.3 Å². The van der Waals surface area contributed by atoms with E-state index in [1.165, 1.54) is 0 Å². The van der Waals surface area contributed by atoms with E-state index in [4.69, 9.17) is 14.2 Å². The van der Waals surface area contributed by atoms with Crippen LogP contribution in [0.25, 0.3) is 0 Å². The molecule has 0 spiro atoms. The molecular formula is C28H37N3O5. The molecule has 2 aliphatic heterocycles. The number of likely N-dealkylation sites (tertiary alicyclic amines) is 1. The van der Waals surface area contributed by atoms with Gasteiger partial charge in [0.15, 0.2) is 11.5 Å². The molecule has 0 aliphatic carbocycles. The Kier molecular flexibility index (Phi) is 7.91. The standard InChI is InChI=1S/C28H37N3O5/c1-18(2)25(27(32)30-13-6-7-14-30)29-28(33)31-15-12-20-16-23(35-4)24(36-5)17-22(20)26(31)19-8-10-21(34-3)11-9-19/h8-11,16-18,25-26H,6-7,12-15H2,1-5H3,(H,29,33). The third-order valence-electron chi connectivity index (χ3n) is 7.20. The van der Waals surface area contributed by atoms with Gasteiger partial charge in [0.1, 0.15) is 11.8 Å². The van der Waals surface area contributed by atoms with Gasteiger partial charge in [0.25, 0.3) is 0 Å². The summed E-state index contributed by atoms with van der Waals surface area (Å²) in [4.78, 5) is 30.7. The molecule has 2 atom stereocenters. The molecule has 3 amide bonds. The monoisotopic (exact) mass is 495 g/mol. The van der Waals surface area contributed by atoms with Crippen molar-refractivity contribution in [2.75, 3.05) is 41.0 Å². The smallest absolute Gasteiger partial charge is 0.318 e. The van der Waals surface area contributed by atoms with Crippen LogP contribution in [0.3, 0.4) is 0 Å². The Morgan fingerprint density at radius 2 is 1.56 bits per heavy atom. The maximum Gasteiger partial charge on any atom is 0.318 e. The normalized spacial score (nSPS) is 18.0. The fraction of sp³-hybridized carbons (Fsp3) is 0.500. The Labute approximate surface area is 213 Å². The zero-order valence-electron chi connectivity index (χ0n) is 21.9. The van der Waals surface area contributed by atoms with E-state index in [2.05, 4.69) is 5.32 Å². The van der Waals surface area contributed by atoms with E-state index in [0.717, 1.165) is 48.4 Å². The maximum absolute atomic E-state index is 13.8. The molecule has 1 N–H and O–H groups in total. The van der Waals surface area contributed by atoms with Gasteiger partial charge in [-0.15, -0.1) is 0 Å². The van der Waals surface area contributed by atoms with Crippen LogP contribution >= 0.6 is 0 Å². The van der Waals surface area contributed by atoms with Crippen molar-refractivity contribution >= 4 is 11.9 Å². The van der Waals surface area contributed by atoms with Gasteiger partial charge in [-0.2, -0.15) is 0 Å². The minimum Gasteiger partial charge on any atom is -0.497 e. The van der Waals surface area contributed by atoms with Crippen LogP contribution in [0.2, 0.25) is 0 Å². The first kappa shape index (κ1) is 25.7. The lowest BCUT2D eigenvalue weighted by Crippen LogP contribution is -2.55. The summed E-state index contributed by atoms with van der Waals surface area (Å²) in [6.07, 6.45) is 2.69. The second kappa shape index (κ2) is 11.1. The maximum atomic E-state index is 13.8. The van der Waals surface area contributed by atoms with E-state index in [0.29, 0.717) is 24.5 Å². The van der Waals surface area contributed by atoms with Gasteiger partial charge < -0.3 is 29.3 Å².